The van der Waals surface area contributed by atoms with Crippen LogP contribution in [0.2, 0.25) is 0 Å². The number of nitrogens with zero attached hydrogens (tertiary/aromatic N) is 1. The van der Waals surface area contributed by atoms with E-state index < -0.39 is 0 Å². The molecule has 14 heavy (non-hydrogen) atoms. The summed E-state index contributed by atoms with van der Waals surface area (Å²) in [5.41, 5.74) is 3.00. The summed E-state index contributed by atoms with van der Waals surface area (Å²) in [6, 6.07) is 5.90. The minimum Gasteiger partial charge on any atom is -0.497 e. The van der Waals surface area contributed by atoms with Crippen molar-refractivity contribution in [2.45, 2.75) is 19.3 Å². The minimum atomic E-state index is 0.432. The normalized spacial score (nSPS) is 22.4. The monoisotopic (exact) mass is 191 g/mol. The van der Waals surface area contributed by atoms with Gasteiger partial charge in [-0.3, -0.25) is 0 Å². The van der Waals surface area contributed by atoms with Gasteiger partial charge in [-0.15, -0.1) is 0 Å². The molecule has 0 amide bonds. The average molecular weight is 191 g/mol. The van der Waals surface area contributed by atoms with Crippen LogP contribution in [0.25, 0.3) is 0 Å². The fourth-order valence-electron chi connectivity index (χ4n) is 1.95. The van der Waals surface area contributed by atoms with Gasteiger partial charge in [0.2, 0.25) is 0 Å². The van der Waals surface area contributed by atoms with E-state index in [1.807, 2.05) is 18.2 Å². The maximum Gasteiger partial charge on any atom is 0.119 e. The molecule has 0 saturated heterocycles. The van der Waals surface area contributed by atoms with Crippen LogP contribution in [0.5, 0.6) is 5.75 Å². The molecule has 1 aliphatic rings. The van der Waals surface area contributed by atoms with Gasteiger partial charge in [0.1, 0.15) is 5.75 Å². The van der Waals surface area contributed by atoms with Gasteiger partial charge in [-0.25, -0.2) is 0 Å². The third-order valence-corrected chi connectivity index (χ3v) is 2.72. The fourth-order valence-corrected chi connectivity index (χ4v) is 1.95. The zero-order chi connectivity index (χ0) is 10.1. The molecule has 1 unspecified atom stereocenters. The molecule has 0 heterocycles. The van der Waals surface area contributed by atoms with Crippen molar-refractivity contribution in [3.05, 3.63) is 29.3 Å². The Kier molecular flexibility index (Phi) is 2.15. The number of oxime groups is 1. The predicted molar refractivity (Wildman–Crippen MR) is 54.3 cm³/mol. The first-order chi connectivity index (χ1) is 6.76. The van der Waals surface area contributed by atoms with Crippen LogP contribution in [0.15, 0.2) is 23.4 Å². The molecule has 0 aliphatic heterocycles. The highest BCUT2D eigenvalue weighted by atomic mass is 16.5. The number of fused-ring (bicyclic) bond motifs is 1. The lowest BCUT2D eigenvalue weighted by Gasteiger charge is -2.05. The molecule has 0 saturated carbocycles. The molecule has 3 nitrogen and oxygen atoms in total. The SMILES string of the molecule is COc1ccc2c(c1)/C(=N/O)CC2C. The maximum atomic E-state index is 8.84. The van der Waals surface area contributed by atoms with Crippen molar-refractivity contribution < 1.29 is 9.94 Å². The average Bonchev–Trinajstić information content (AvgIpc) is 2.55. The van der Waals surface area contributed by atoms with Crippen LogP contribution in [0.4, 0.5) is 0 Å². The predicted octanol–water partition coefficient (Wildman–Crippen LogP) is 2.38. The van der Waals surface area contributed by atoms with E-state index in [4.69, 9.17) is 9.94 Å². The molecule has 1 N–H and O–H groups in total. The van der Waals surface area contributed by atoms with Gasteiger partial charge in [-0.2, -0.15) is 0 Å². The van der Waals surface area contributed by atoms with E-state index in [-0.39, 0.29) is 0 Å². The molecule has 0 radical (unpaired) electrons. The maximum absolute atomic E-state index is 8.84. The smallest absolute Gasteiger partial charge is 0.119 e. The first-order valence-electron chi connectivity index (χ1n) is 4.65. The molecule has 1 aromatic carbocycles. The van der Waals surface area contributed by atoms with E-state index in [2.05, 4.69) is 12.1 Å². The molecular formula is C11H13NO2. The second-order valence-electron chi connectivity index (χ2n) is 3.61. The Morgan fingerprint density at radius 1 is 1.50 bits per heavy atom. The second kappa shape index (κ2) is 3.33. The Morgan fingerprint density at radius 2 is 2.29 bits per heavy atom. The van der Waals surface area contributed by atoms with E-state index in [0.717, 1.165) is 23.4 Å². The van der Waals surface area contributed by atoms with Crippen molar-refractivity contribution in [2.75, 3.05) is 7.11 Å². The van der Waals surface area contributed by atoms with Crippen LogP contribution < -0.4 is 4.74 Å². The number of benzene rings is 1. The van der Waals surface area contributed by atoms with Gasteiger partial charge in [0, 0.05) is 12.0 Å². The van der Waals surface area contributed by atoms with E-state index in [1.165, 1.54) is 5.56 Å². The summed E-state index contributed by atoms with van der Waals surface area (Å²) >= 11 is 0. The van der Waals surface area contributed by atoms with Gasteiger partial charge < -0.3 is 9.94 Å². The number of hydrogen-bond donors (Lipinski definition) is 1. The Bertz CT molecular complexity index is 385. The van der Waals surface area contributed by atoms with Crippen molar-refractivity contribution in [1.82, 2.24) is 0 Å². The van der Waals surface area contributed by atoms with E-state index >= 15 is 0 Å². The summed E-state index contributed by atoms with van der Waals surface area (Å²) in [5, 5.41) is 12.2. The Hall–Kier alpha value is -1.51. The highest BCUT2D eigenvalue weighted by molar-refractivity contribution is 6.05. The molecule has 0 bridgehead atoms. The van der Waals surface area contributed by atoms with E-state index in [1.54, 1.807) is 7.11 Å². The van der Waals surface area contributed by atoms with Gasteiger partial charge in [0.25, 0.3) is 0 Å². The van der Waals surface area contributed by atoms with Crippen molar-refractivity contribution in [3.8, 4) is 5.75 Å². The molecule has 1 aliphatic carbocycles. The quantitative estimate of drug-likeness (QED) is 0.547. The first-order valence-corrected chi connectivity index (χ1v) is 4.65. The van der Waals surface area contributed by atoms with Crippen LogP contribution in [0.3, 0.4) is 0 Å². The summed E-state index contributed by atoms with van der Waals surface area (Å²) in [4.78, 5) is 0. The zero-order valence-electron chi connectivity index (χ0n) is 8.32. The molecule has 0 aromatic heterocycles. The summed E-state index contributed by atoms with van der Waals surface area (Å²) in [5.74, 6) is 1.24. The lowest BCUT2D eigenvalue weighted by Crippen LogP contribution is -1.94. The first kappa shape index (κ1) is 9.06. The summed E-state index contributed by atoms with van der Waals surface area (Å²) in [6.45, 7) is 2.13. The highest BCUT2D eigenvalue weighted by Crippen LogP contribution is 2.34. The summed E-state index contributed by atoms with van der Waals surface area (Å²) in [7, 11) is 1.63. The molecular weight excluding hydrogens is 178 g/mol. The van der Waals surface area contributed by atoms with Crippen LogP contribution in [-0.2, 0) is 0 Å². The van der Waals surface area contributed by atoms with Gasteiger partial charge in [0.15, 0.2) is 0 Å². The van der Waals surface area contributed by atoms with E-state index in [0.29, 0.717) is 5.92 Å². The molecule has 74 valence electrons. The lowest BCUT2D eigenvalue weighted by molar-refractivity contribution is 0.318. The molecule has 0 spiro atoms. The van der Waals surface area contributed by atoms with Gasteiger partial charge in [-0.1, -0.05) is 18.1 Å². The summed E-state index contributed by atoms with van der Waals surface area (Å²) < 4.78 is 5.13. The number of hydrogen-bond acceptors (Lipinski definition) is 3. The Morgan fingerprint density at radius 3 is 2.93 bits per heavy atom. The topological polar surface area (TPSA) is 41.8 Å². The zero-order valence-corrected chi connectivity index (χ0v) is 8.32. The third kappa shape index (κ3) is 1.25. The van der Waals surface area contributed by atoms with Crippen LogP contribution >= 0.6 is 0 Å². The van der Waals surface area contributed by atoms with Crippen LogP contribution in [0.1, 0.15) is 30.4 Å². The lowest BCUT2D eigenvalue weighted by atomic mass is 10.0. The van der Waals surface area contributed by atoms with Crippen molar-refractivity contribution in [1.29, 1.82) is 0 Å². The molecule has 1 aromatic rings. The van der Waals surface area contributed by atoms with Crippen molar-refractivity contribution >= 4 is 5.71 Å². The molecule has 3 heteroatoms. The largest absolute Gasteiger partial charge is 0.497 e. The van der Waals surface area contributed by atoms with Crippen LogP contribution in [0, 0.1) is 0 Å². The molecule has 0 fully saturated rings. The number of methoxy groups -OCH3 is 1. The highest BCUT2D eigenvalue weighted by Gasteiger charge is 2.25. The van der Waals surface area contributed by atoms with Gasteiger partial charge in [0.05, 0.1) is 12.8 Å². The standard InChI is InChI=1S/C11H13NO2/c1-7-5-11(12-13)10-6-8(14-2)3-4-9(7)10/h3-4,6-7,13H,5H2,1-2H3/b12-11+. The van der Waals surface area contributed by atoms with E-state index in [9.17, 15) is 0 Å². The Labute approximate surface area is 83.0 Å². The van der Waals surface area contributed by atoms with Crippen molar-refractivity contribution in [2.24, 2.45) is 5.16 Å². The third-order valence-electron chi connectivity index (χ3n) is 2.72. The fraction of sp³-hybridized carbons (Fsp3) is 0.364. The number of rotatable bonds is 1. The Balaban J connectivity index is 2.53. The second-order valence-corrected chi connectivity index (χ2v) is 3.61. The van der Waals surface area contributed by atoms with Crippen molar-refractivity contribution in [3.63, 3.8) is 0 Å². The molecule has 2 rings (SSSR count). The molecule has 1 atom stereocenters. The number of ether oxygens (including phenoxy) is 1. The van der Waals surface area contributed by atoms with Gasteiger partial charge in [-0.05, 0) is 23.6 Å². The van der Waals surface area contributed by atoms with Gasteiger partial charge >= 0.3 is 0 Å². The van der Waals surface area contributed by atoms with Crippen LogP contribution in [-0.4, -0.2) is 18.0 Å². The minimum absolute atomic E-state index is 0.432. The summed E-state index contributed by atoms with van der Waals surface area (Å²) in [6.07, 6.45) is 0.805.